The van der Waals surface area contributed by atoms with Crippen LogP contribution in [-0.2, 0) is 0 Å². The molecular formula is C12H14BrNOS. The zero-order valence-corrected chi connectivity index (χ0v) is 11.6. The van der Waals surface area contributed by atoms with E-state index < -0.39 is 0 Å². The number of Topliss-reactive ketones (excluding diaryl/α,β-unsaturated/α-hetero) is 1. The summed E-state index contributed by atoms with van der Waals surface area (Å²) in [6.45, 7) is 3.78. The third kappa shape index (κ3) is 2.61. The molecule has 0 N–H and O–H groups in total. The van der Waals surface area contributed by atoms with E-state index in [-0.39, 0.29) is 5.78 Å². The highest BCUT2D eigenvalue weighted by atomic mass is 79.9. The molecule has 0 radical (unpaired) electrons. The number of halogens is 1. The molecule has 1 heterocycles. The van der Waals surface area contributed by atoms with Crippen LogP contribution in [0.4, 0.5) is 5.69 Å². The fraction of sp³-hybridized carbons (Fsp3) is 0.417. The molecular weight excluding hydrogens is 286 g/mol. The summed E-state index contributed by atoms with van der Waals surface area (Å²) in [6.07, 6.45) is 0. The van der Waals surface area contributed by atoms with Gasteiger partial charge in [-0.1, -0.05) is 0 Å². The molecule has 0 aliphatic carbocycles. The van der Waals surface area contributed by atoms with Crippen molar-refractivity contribution >= 4 is 39.2 Å². The van der Waals surface area contributed by atoms with E-state index in [2.05, 4.69) is 20.8 Å². The Bertz CT molecular complexity index is 402. The second-order valence-corrected chi connectivity index (χ2v) is 5.90. The van der Waals surface area contributed by atoms with Crippen molar-refractivity contribution in [3.63, 3.8) is 0 Å². The lowest BCUT2D eigenvalue weighted by Crippen LogP contribution is -2.32. The van der Waals surface area contributed by atoms with Crippen LogP contribution in [0.15, 0.2) is 22.7 Å². The molecule has 0 unspecified atom stereocenters. The molecule has 0 saturated carbocycles. The number of benzene rings is 1. The molecule has 0 aromatic heterocycles. The fourth-order valence-corrected chi connectivity index (χ4v) is 3.36. The first-order valence-electron chi connectivity index (χ1n) is 5.31. The fourth-order valence-electron chi connectivity index (χ4n) is 1.81. The van der Waals surface area contributed by atoms with Crippen LogP contribution in [0.5, 0.6) is 0 Å². The summed E-state index contributed by atoms with van der Waals surface area (Å²) in [4.78, 5) is 13.7. The van der Waals surface area contributed by atoms with Crippen LogP contribution in [0.25, 0.3) is 0 Å². The molecule has 86 valence electrons. The second kappa shape index (κ2) is 5.23. The van der Waals surface area contributed by atoms with Gasteiger partial charge >= 0.3 is 0 Å². The van der Waals surface area contributed by atoms with E-state index in [0.717, 1.165) is 23.1 Å². The zero-order chi connectivity index (χ0) is 11.5. The Kier molecular flexibility index (Phi) is 3.92. The third-order valence-electron chi connectivity index (χ3n) is 2.71. The molecule has 4 heteroatoms. The van der Waals surface area contributed by atoms with Crippen molar-refractivity contribution in [3.05, 3.63) is 28.2 Å². The average Bonchev–Trinajstić information content (AvgIpc) is 2.29. The number of carbonyl (C=O) groups is 1. The SMILES string of the molecule is CC(=O)c1ccc(N2CCSCC2)cc1Br. The molecule has 1 aliphatic heterocycles. The number of ketones is 1. The summed E-state index contributed by atoms with van der Waals surface area (Å²) in [5.74, 6) is 2.48. The van der Waals surface area contributed by atoms with Gasteiger partial charge in [0, 0.05) is 40.3 Å². The lowest BCUT2D eigenvalue weighted by atomic mass is 10.1. The van der Waals surface area contributed by atoms with Crippen LogP contribution < -0.4 is 4.90 Å². The minimum Gasteiger partial charge on any atom is -0.370 e. The highest BCUT2D eigenvalue weighted by molar-refractivity contribution is 9.10. The molecule has 0 amide bonds. The van der Waals surface area contributed by atoms with Crippen LogP contribution in [0.3, 0.4) is 0 Å². The summed E-state index contributed by atoms with van der Waals surface area (Å²) < 4.78 is 0.899. The largest absolute Gasteiger partial charge is 0.370 e. The molecule has 16 heavy (non-hydrogen) atoms. The van der Waals surface area contributed by atoms with Gasteiger partial charge in [0.2, 0.25) is 0 Å². The molecule has 1 saturated heterocycles. The highest BCUT2D eigenvalue weighted by Gasteiger charge is 2.13. The van der Waals surface area contributed by atoms with Crippen molar-refractivity contribution in [1.82, 2.24) is 0 Å². The van der Waals surface area contributed by atoms with Crippen molar-refractivity contribution in [3.8, 4) is 0 Å². The Morgan fingerprint density at radius 2 is 2.06 bits per heavy atom. The number of hydrogen-bond acceptors (Lipinski definition) is 3. The number of hydrogen-bond donors (Lipinski definition) is 0. The van der Waals surface area contributed by atoms with E-state index in [1.54, 1.807) is 6.92 Å². The second-order valence-electron chi connectivity index (χ2n) is 3.82. The zero-order valence-electron chi connectivity index (χ0n) is 9.20. The summed E-state index contributed by atoms with van der Waals surface area (Å²) in [6, 6.07) is 5.99. The maximum absolute atomic E-state index is 11.3. The monoisotopic (exact) mass is 299 g/mol. The molecule has 1 aliphatic rings. The Hall–Kier alpha value is -0.480. The van der Waals surface area contributed by atoms with Crippen LogP contribution in [0, 0.1) is 0 Å². The number of carbonyl (C=O) groups excluding carboxylic acids is 1. The topological polar surface area (TPSA) is 20.3 Å². The van der Waals surface area contributed by atoms with Gasteiger partial charge in [-0.3, -0.25) is 4.79 Å². The van der Waals surface area contributed by atoms with Crippen molar-refractivity contribution in [2.45, 2.75) is 6.92 Å². The normalized spacial score (nSPS) is 16.2. The van der Waals surface area contributed by atoms with Gasteiger partial charge in [-0.15, -0.1) is 0 Å². The predicted octanol–water partition coefficient (Wildman–Crippen LogP) is 3.20. The third-order valence-corrected chi connectivity index (χ3v) is 4.31. The van der Waals surface area contributed by atoms with Crippen molar-refractivity contribution in [1.29, 1.82) is 0 Å². The Morgan fingerprint density at radius 1 is 1.38 bits per heavy atom. The van der Waals surface area contributed by atoms with Gasteiger partial charge in [-0.2, -0.15) is 11.8 Å². The van der Waals surface area contributed by atoms with Gasteiger partial charge in [-0.25, -0.2) is 0 Å². The average molecular weight is 300 g/mol. The lowest BCUT2D eigenvalue weighted by Gasteiger charge is -2.28. The van der Waals surface area contributed by atoms with Gasteiger partial charge in [0.1, 0.15) is 0 Å². The predicted molar refractivity (Wildman–Crippen MR) is 73.7 cm³/mol. The van der Waals surface area contributed by atoms with Crippen LogP contribution in [-0.4, -0.2) is 30.4 Å². The Morgan fingerprint density at radius 3 is 2.62 bits per heavy atom. The maximum atomic E-state index is 11.3. The van der Waals surface area contributed by atoms with Gasteiger partial charge in [0.25, 0.3) is 0 Å². The van der Waals surface area contributed by atoms with Gasteiger partial charge in [0.15, 0.2) is 5.78 Å². The first-order valence-corrected chi connectivity index (χ1v) is 7.26. The molecule has 2 rings (SSSR count). The smallest absolute Gasteiger partial charge is 0.160 e. The standard InChI is InChI=1S/C12H14BrNOS/c1-9(15)11-3-2-10(8-12(11)13)14-4-6-16-7-5-14/h2-3,8H,4-7H2,1H3. The van der Waals surface area contributed by atoms with Crippen LogP contribution >= 0.6 is 27.7 Å². The molecule has 1 aromatic rings. The van der Waals surface area contributed by atoms with E-state index in [0.29, 0.717) is 0 Å². The molecule has 0 spiro atoms. The number of thioether (sulfide) groups is 1. The molecule has 1 fully saturated rings. The van der Waals surface area contributed by atoms with E-state index in [1.165, 1.54) is 17.2 Å². The van der Waals surface area contributed by atoms with Gasteiger partial charge in [-0.05, 0) is 41.1 Å². The quantitative estimate of drug-likeness (QED) is 0.782. The van der Waals surface area contributed by atoms with E-state index in [4.69, 9.17) is 0 Å². The Labute approximate surface area is 109 Å². The maximum Gasteiger partial charge on any atom is 0.160 e. The van der Waals surface area contributed by atoms with E-state index in [1.807, 2.05) is 30.0 Å². The van der Waals surface area contributed by atoms with Crippen molar-refractivity contribution < 1.29 is 4.79 Å². The van der Waals surface area contributed by atoms with E-state index in [9.17, 15) is 4.79 Å². The minimum absolute atomic E-state index is 0.104. The summed E-state index contributed by atoms with van der Waals surface area (Å²) in [5, 5.41) is 0. The van der Waals surface area contributed by atoms with Crippen LogP contribution in [0.2, 0.25) is 0 Å². The van der Waals surface area contributed by atoms with Crippen molar-refractivity contribution in [2.75, 3.05) is 29.5 Å². The first-order chi connectivity index (χ1) is 7.68. The molecule has 0 atom stereocenters. The first kappa shape index (κ1) is 12.0. The van der Waals surface area contributed by atoms with Gasteiger partial charge < -0.3 is 4.90 Å². The lowest BCUT2D eigenvalue weighted by molar-refractivity contribution is 0.101. The minimum atomic E-state index is 0.104. The number of anilines is 1. The summed E-state index contributed by atoms with van der Waals surface area (Å²) in [7, 11) is 0. The van der Waals surface area contributed by atoms with E-state index >= 15 is 0 Å². The Balaban J connectivity index is 2.23. The highest BCUT2D eigenvalue weighted by Crippen LogP contribution is 2.26. The summed E-state index contributed by atoms with van der Waals surface area (Å²) >= 11 is 5.46. The molecule has 1 aromatic carbocycles. The molecule has 0 bridgehead atoms. The number of rotatable bonds is 2. The molecule has 2 nitrogen and oxygen atoms in total. The van der Waals surface area contributed by atoms with Crippen molar-refractivity contribution in [2.24, 2.45) is 0 Å². The van der Waals surface area contributed by atoms with Crippen LogP contribution in [0.1, 0.15) is 17.3 Å². The van der Waals surface area contributed by atoms with Gasteiger partial charge in [0.05, 0.1) is 0 Å². The number of nitrogens with zero attached hydrogens (tertiary/aromatic N) is 1. The summed E-state index contributed by atoms with van der Waals surface area (Å²) in [5.41, 5.74) is 1.97.